The van der Waals surface area contributed by atoms with Crippen LogP contribution in [0.25, 0.3) is 22.4 Å². The van der Waals surface area contributed by atoms with E-state index in [0.29, 0.717) is 24.4 Å². The van der Waals surface area contributed by atoms with Gasteiger partial charge in [0.25, 0.3) is 5.56 Å². The number of benzene rings is 2. The molecule has 0 atom stereocenters. The fourth-order valence-corrected chi connectivity index (χ4v) is 4.09. The van der Waals surface area contributed by atoms with Gasteiger partial charge in [-0.1, -0.05) is 36.0 Å². The number of hydrogen-bond donors (Lipinski definition) is 0. The second kappa shape index (κ2) is 7.77. The molecule has 144 valence electrons. The first-order valence-electron chi connectivity index (χ1n) is 9.29. The summed E-state index contributed by atoms with van der Waals surface area (Å²) < 4.78 is 9.08. The van der Waals surface area contributed by atoms with Crippen LogP contribution in [0.1, 0.15) is 18.1 Å². The van der Waals surface area contributed by atoms with E-state index >= 15 is 0 Å². The summed E-state index contributed by atoms with van der Waals surface area (Å²) in [6.45, 7) is 7.38. The fourth-order valence-electron chi connectivity index (χ4n) is 3.30. The van der Waals surface area contributed by atoms with Crippen LogP contribution in [-0.4, -0.2) is 38.1 Å². The number of para-hydroxylation sites is 1. The molecule has 0 aliphatic heterocycles. The lowest BCUT2D eigenvalue weighted by Gasteiger charge is -2.14. The summed E-state index contributed by atoms with van der Waals surface area (Å²) in [5, 5.41) is 10.2. The van der Waals surface area contributed by atoms with Crippen LogP contribution >= 0.6 is 11.8 Å². The van der Waals surface area contributed by atoms with Gasteiger partial charge in [0, 0.05) is 12.4 Å². The molecule has 0 fully saturated rings. The Morgan fingerprint density at radius 2 is 1.89 bits per heavy atom. The van der Waals surface area contributed by atoms with Crippen LogP contribution in [0.2, 0.25) is 0 Å². The lowest BCUT2D eigenvalue weighted by Crippen LogP contribution is -2.22. The van der Waals surface area contributed by atoms with Gasteiger partial charge in [-0.3, -0.25) is 9.20 Å². The van der Waals surface area contributed by atoms with Crippen molar-refractivity contribution in [3.8, 4) is 5.69 Å². The molecule has 0 radical (unpaired) electrons. The molecule has 2 aromatic heterocycles. The fraction of sp³-hybridized carbons (Fsp3) is 0.286. The Morgan fingerprint density at radius 3 is 2.71 bits per heavy atom. The average Bonchev–Trinajstić information content (AvgIpc) is 3.12. The van der Waals surface area contributed by atoms with Crippen molar-refractivity contribution in [2.24, 2.45) is 0 Å². The third kappa shape index (κ3) is 3.10. The van der Waals surface area contributed by atoms with Crippen molar-refractivity contribution >= 4 is 28.4 Å². The van der Waals surface area contributed by atoms with E-state index in [1.54, 1.807) is 16.3 Å². The van der Waals surface area contributed by atoms with E-state index in [-0.39, 0.29) is 5.56 Å². The predicted molar refractivity (Wildman–Crippen MR) is 113 cm³/mol. The Balaban J connectivity index is 2.00. The van der Waals surface area contributed by atoms with Gasteiger partial charge in [-0.05, 0) is 50.1 Å². The van der Waals surface area contributed by atoms with Crippen LogP contribution in [0, 0.1) is 13.8 Å². The number of fused-ring (bicyclic) bond motifs is 3. The summed E-state index contributed by atoms with van der Waals surface area (Å²) in [5.41, 5.74) is 3.74. The van der Waals surface area contributed by atoms with Crippen LogP contribution in [0.4, 0.5) is 0 Å². The van der Waals surface area contributed by atoms with Gasteiger partial charge in [0.05, 0.1) is 23.2 Å². The van der Waals surface area contributed by atoms with Crippen molar-refractivity contribution in [3.05, 3.63) is 63.9 Å². The molecule has 4 rings (SSSR count). The van der Waals surface area contributed by atoms with Gasteiger partial charge in [0.1, 0.15) is 0 Å². The summed E-state index contributed by atoms with van der Waals surface area (Å²) >= 11 is 1.58. The molecule has 0 saturated heterocycles. The van der Waals surface area contributed by atoms with Gasteiger partial charge < -0.3 is 4.74 Å². The summed E-state index contributed by atoms with van der Waals surface area (Å²) in [6.07, 6.45) is 0. The minimum absolute atomic E-state index is 0.0879. The zero-order chi connectivity index (χ0) is 19.7. The van der Waals surface area contributed by atoms with E-state index in [2.05, 4.69) is 10.2 Å². The topological polar surface area (TPSA) is 61.4 Å². The van der Waals surface area contributed by atoms with Gasteiger partial charge in [-0.25, -0.2) is 4.57 Å². The highest BCUT2D eigenvalue weighted by atomic mass is 32.2. The van der Waals surface area contributed by atoms with Crippen molar-refractivity contribution in [2.75, 3.05) is 19.0 Å². The highest BCUT2D eigenvalue weighted by Gasteiger charge is 2.19. The van der Waals surface area contributed by atoms with Crippen molar-refractivity contribution in [1.82, 2.24) is 19.2 Å². The maximum Gasteiger partial charge on any atom is 0.267 e. The minimum Gasteiger partial charge on any atom is -0.381 e. The molecule has 0 amide bonds. The Hall–Kier alpha value is -2.64. The van der Waals surface area contributed by atoms with Gasteiger partial charge in [0.15, 0.2) is 5.16 Å². The Bertz CT molecular complexity index is 1210. The summed E-state index contributed by atoms with van der Waals surface area (Å²) in [7, 11) is 0. The van der Waals surface area contributed by atoms with Gasteiger partial charge in [-0.2, -0.15) is 0 Å². The summed E-state index contributed by atoms with van der Waals surface area (Å²) in [4.78, 5) is 13.4. The van der Waals surface area contributed by atoms with Crippen molar-refractivity contribution < 1.29 is 4.74 Å². The van der Waals surface area contributed by atoms with Crippen molar-refractivity contribution in [2.45, 2.75) is 25.9 Å². The average molecular weight is 395 g/mol. The summed E-state index contributed by atoms with van der Waals surface area (Å²) in [5.74, 6) is 1.29. The maximum atomic E-state index is 13.4. The molecule has 0 spiro atoms. The number of rotatable bonds is 6. The second-order valence-corrected chi connectivity index (χ2v) is 7.60. The molecule has 2 aromatic carbocycles. The lowest BCUT2D eigenvalue weighted by atomic mass is 10.1. The van der Waals surface area contributed by atoms with E-state index in [1.807, 2.05) is 67.6 Å². The molecule has 28 heavy (non-hydrogen) atoms. The molecular formula is C21H22N4O2S. The molecule has 0 saturated carbocycles. The smallest absolute Gasteiger partial charge is 0.267 e. The largest absolute Gasteiger partial charge is 0.381 e. The summed E-state index contributed by atoms with van der Waals surface area (Å²) in [6, 6.07) is 13.6. The number of nitrogens with zero attached hydrogens (tertiary/aromatic N) is 4. The van der Waals surface area contributed by atoms with E-state index in [4.69, 9.17) is 4.74 Å². The van der Waals surface area contributed by atoms with Crippen molar-refractivity contribution in [1.29, 1.82) is 0 Å². The molecule has 0 unspecified atom stereocenters. The van der Waals surface area contributed by atoms with E-state index in [0.717, 1.165) is 33.2 Å². The number of hydrogen-bond acceptors (Lipinski definition) is 5. The molecular weight excluding hydrogens is 372 g/mol. The Morgan fingerprint density at radius 1 is 1.07 bits per heavy atom. The van der Waals surface area contributed by atoms with Crippen LogP contribution in [0.3, 0.4) is 0 Å². The quantitative estimate of drug-likeness (QED) is 0.368. The number of thioether (sulfide) groups is 1. The number of ether oxygens (including phenoxy) is 1. The number of aryl methyl sites for hydroxylation is 1. The van der Waals surface area contributed by atoms with E-state index in [1.165, 1.54) is 0 Å². The number of aromatic nitrogens is 4. The molecule has 0 aliphatic rings. The van der Waals surface area contributed by atoms with Gasteiger partial charge in [0.2, 0.25) is 5.78 Å². The highest BCUT2D eigenvalue weighted by Crippen LogP contribution is 2.24. The van der Waals surface area contributed by atoms with Crippen LogP contribution in [0.5, 0.6) is 0 Å². The SMILES string of the molecule is CCOCCSc1nnc2n(-c3cccc(C)c3C)c(=O)c3ccccc3n12. The Labute approximate surface area is 167 Å². The van der Waals surface area contributed by atoms with Gasteiger partial charge in [-0.15, -0.1) is 10.2 Å². The third-order valence-corrected chi connectivity index (χ3v) is 5.77. The molecule has 6 nitrogen and oxygen atoms in total. The molecule has 2 heterocycles. The minimum atomic E-state index is -0.0879. The first kappa shape index (κ1) is 18.7. The second-order valence-electron chi connectivity index (χ2n) is 6.54. The first-order valence-corrected chi connectivity index (χ1v) is 10.3. The van der Waals surface area contributed by atoms with Crippen LogP contribution < -0.4 is 5.56 Å². The zero-order valence-corrected chi connectivity index (χ0v) is 17.0. The monoisotopic (exact) mass is 394 g/mol. The third-order valence-electron chi connectivity index (χ3n) is 4.87. The van der Waals surface area contributed by atoms with Crippen molar-refractivity contribution in [3.63, 3.8) is 0 Å². The molecule has 0 N–H and O–H groups in total. The molecule has 4 aromatic rings. The standard InChI is InChI=1S/C21H22N4O2S/c1-4-27-12-13-28-21-23-22-20-24(17-11-7-8-14(2)15(17)3)19(26)16-9-5-6-10-18(16)25(20)21/h5-11H,4,12-13H2,1-3H3. The Kier molecular flexibility index (Phi) is 5.19. The van der Waals surface area contributed by atoms with Crippen LogP contribution in [0.15, 0.2) is 52.4 Å². The van der Waals surface area contributed by atoms with E-state index in [9.17, 15) is 4.79 Å². The van der Waals surface area contributed by atoms with E-state index < -0.39 is 0 Å². The highest BCUT2D eigenvalue weighted by molar-refractivity contribution is 7.99. The normalized spacial score (nSPS) is 11.5. The zero-order valence-electron chi connectivity index (χ0n) is 16.2. The van der Waals surface area contributed by atoms with Gasteiger partial charge >= 0.3 is 0 Å². The first-order chi connectivity index (χ1) is 13.6. The lowest BCUT2D eigenvalue weighted by molar-refractivity contribution is 0.164. The molecule has 0 bridgehead atoms. The predicted octanol–water partition coefficient (Wildman–Crippen LogP) is 3.78. The van der Waals surface area contributed by atoms with Crippen LogP contribution in [-0.2, 0) is 4.74 Å². The molecule has 0 aliphatic carbocycles. The molecule has 7 heteroatoms. The maximum absolute atomic E-state index is 13.4.